The maximum atomic E-state index is 13.6. The first-order valence-corrected chi connectivity index (χ1v) is 5.46. The van der Waals surface area contributed by atoms with Crippen molar-refractivity contribution < 1.29 is 19.0 Å². The van der Waals surface area contributed by atoms with E-state index in [0.29, 0.717) is 15.6 Å². The molecule has 0 aromatic heterocycles. The van der Waals surface area contributed by atoms with Crippen molar-refractivity contribution in [1.82, 2.24) is 0 Å². The molecule has 0 heterocycles. The Bertz CT molecular complexity index is 383. The van der Waals surface area contributed by atoms with E-state index in [-0.39, 0.29) is 6.61 Å². The summed E-state index contributed by atoms with van der Waals surface area (Å²) in [5.41, 5.74) is 0.820. The van der Waals surface area contributed by atoms with E-state index in [0.717, 1.165) is 0 Å². The number of carboxylic acids is 1. The van der Waals surface area contributed by atoms with Gasteiger partial charge in [0.25, 0.3) is 0 Å². The highest BCUT2D eigenvalue weighted by atomic mass is 79.9. The number of halogens is 2. The molecule has 1 rings (SSSR count). The molecule has 0 saturated heterocycles. The van der Waals surface area contributed by atoms with E-state index in [1.807, 2.05) is 0 Å². The Morgan fingerprint density at radius 1 is 1.62 bits per heavy atom. The van der Waals surface area contributed by atoms with Gasteiger partial charge in [-0.2, -0.15) is 0 Å². The molecule has 0 spiro atoms. The Kier molecular flexibility index (Phi) is 4.44. The van der Waals surface area contributed by atoms with Crippen LogP contribution in [0.5, 0.6) is 0 Å². The van der Waals surface area contributed by atoms with Gasteiger partial charge in [-0.05, 0) is 24.6 Å². The zero-order valence-corrected chi connectivity index (χ0v) is 10.5. The highest BCUT2D eigenvalue weighted by Gasteiger charge is 2.17. The van der Waals surface area contributed by atoms with Gasteiger partial charge >= 0.3 is 5.97 Å². The van der Waals surface area contributed by atoms with Gasteiger partial charge in [-0.3, -0.25) is 4.79 Å². The number of aliphatic carboxylic acids is 1. The van der Waals surface area contributed by atoms with Gasteiger partial charge in [-0.1, -0.05) is 15.9 Å². The van der Waals surface area contributed by atoms with Gasteiger partial charge in [0.2, 0.25) is 0 Å². The van der Waals surface area contributed by atoms with Crippen LogP contribution < -0.4 is 0 Å². The second-order valence-corrected chi connectivity index (χ2v) is 4.31. The van der Waals surface area contributed by atoms with Crippen molar-refractivity contribution in [3.63, 3.8) is 0 Å². The van der Waals surface area contributed by atoms with E-state index in [4.69, 9.17) is 9.84 Å². The third kappa shape index (κ3) is 2.80. The number of benzene rings is 1. The molecule has 0 aliphatic heterocycles. The van der Waals surface area contributed by atoms with Crippen LogP contribution in [0.15, 0.2) is 16.6 Å². The Morgan fingerprint density at radius 2 is 2.25 bits per heavy atom. The summed E-state index contributed by atoms with van der Waals surface area (Å²) in [7, 11) is 1.47. The van der Waals surface area contributed by atoms with Crippen molar-refractivity contribution in [2.24, 2.45) is 0 Å². The summed E-state index contributed by atoms with van der Waals surface area (Å²) in [6, 6.07) is 2.84. The average molecular weight is 291 g/mol. The van der Waals surface area contributed by atoms with Crippen LogP contribution in [0.25, 0.3) is 0 Å². The summed E-state index contributed by atoms with van der Waals surface area (Å²) in [4.78, 5) is 10.8. The monoisotopic (exact) mass is 290 g/mol. The summed E-state index contributed by atoms with van der Waals surface area (Å²) in [6.45, 7) is 1.66. The molecule has 1 aromatic rings. The van der Waals surface area contributed by atoms with Crippen molar-refractivity contribution in [3.8, 4) is 0 Å². The molecule has 0 radical (unpaired) electrons. The van der Waals surface area contributed by atoms with Gasteiger partial charge in [0, 0.05) is 17.1 Å². The molecule has 0 fully saturated rings. The summed E-state index contributed by atoms with van der Waals surface area (Å²) in [6.07, 6.45) is 0. The van der Waals surface area contributed by atoms with Gasteiger partial charge in [0.05, 0.1) is 12.5 Å². The summed E-state index contributed by atoms with van der Waals surface area (Å²) in [5, 5.41) is 8.83. The third-order valence-corrected chi connectivity index (χ3v) is 3.03. The lowest BCUT2D eigenvalue weighted by atomic mass is 10.00. The fourth-order valence-corrected chi connectivity index (χ4v) is 1.87. The lowest BCUT2D eigenvalue weighted by Gasteiger charge is -2.11. The van der Waals surface area contributed by atoms with E-state index in [2.05, 4.69) is 15.9 Å². The second-order valence-electron chi connectivity index (χ2n) is 3.46. The first-order chi connectivity index (χ1) is 7.47. The maximum absolute atomic E-state index is 13.6. The molecule has 0 aliphatic rings. The smallest absolute Gasteiger partial charge is 0.310 e. The Labute approximate surface area is 101 Å². The minimum atomic E-state index is -0.981. The number of methoxy groups -OCH3 is 1. The summed E-state index contributed by atoms with van der Waals surface area (Å²) < 4.78 is 19.0. The lowest BCUT2D eigenvalue weighted by Crippen LogP contribution is -2.08. The Hall–Kier alpha value is -0.940. The minimum Gasteiger partial charge on any atom is -0.481 e. The highest BCUT2D eigenvalue weighted by molar-refractivity contribution is 9.10. The molecule has 1 atom stereocenters. The molecule has 1 N–H and O–H groups in total. The number of hydrogen-bond acceptors (Lipinski definition) is 2. The first-order valence-electron chi connectivity index (χ1n) is 4.67. The number of rotatable bonds is 4. The van der Waals surface area contributed by atoms with Crippen LogP contribution in [-0.4, -0.2) is 18.2 Å². The van der Waals surface area contributed by atoms with Crippen LogP contribution in [0.3, 0.4) is 0 Å². The second kappa shape index (κ2) is 5.41. The van der Waals surface area contributed by atoms with Gasteiger partial charge in [0.15, 0.2) is 0 Å². The predicted octanol–water partition coefficient (Wildman–Crippen LogP) is 2.92. The van der Waals surface area contributed by atoms with Crippen LogP contribution >= 0.6 is 15.9 Å². The highest BCUT2D eigenvalue weighted by Crippen LogP contribution is 2.27. The van der Waals surface area contributed by atoms with Crippen LogP contribution in [0.1, 0.15) is 24.0 Å². The van der Waals surface area contributed by atoms with E-state index in [1.165, 1.54) is 20.1 Å². The third-order valence-electron chi connectivity index (χ3n) is 2.32. The fourth-order valence-electron chi connectivity index (χ4n) is 1.30. The normalized spacial score (nSPS) is 12.5. The standard InChI is InChI=1S/C11H12BrFO3/c1-6(11(14)15)7-3-9(12)8(5-16-2)10(13)4-7/h3-4,6H,5H2,1-2H3,(H,14,15). The molecule has 88 valence electrons. The first kappa shape index (κ1) is 13.1. The summed E-state index contributed by atoms with van der Waals surface area (Å²) >= 11 is 3.20. The lowest BCUT2D eigenvalue weighted by molar-refractivity contribution is -0.138. The van der Waals surface area contributed by atoms with Gasteiger partial charge in [0.1, 0.15) is 5.82 Å². The Morgan fingerprint density at radius 3 is 2.69 bits per heavy atom. The quantitative estimate of drug-likeness (QED) is 0.927. The fraction of sp³-hybridized carbons (Fsp3) is 0.364. The largest absolute Gasteiger partial charge is 0.481 e. The van der Waals surface area contributed by atoms with Crippen molar-refractivity contribution in [2.75, 3.05) is 7.11 Å². The average Bonchev–Trinajstić information content (AvgIpc) is 2.21. The van der Waals surface area contributed by atoms with E-state index in [1.54, 1.807) is 6.07 Å². The molecule has 0 saturated carbocycles. The molecule has 0 bridgehead atoms. The molecule has 16 heavy (non-hydrogen) atoms. The molecule has 0 aliphatic carbocycles. The molecular formula is C11H12BrFO3. The number of hydrogen-bond donors (Lipinski definition) is 1. The molecular weight excluding hydrogens is 279 g/mol. The van der Waals surface area contributed by atoms with Crippen molar-refractivity contribution >= 4 is 21.9 Å². The molecule has 3 nitrogen and oxygen atoms in total. The van der Waals surface area contributed by atoms with E-state index >= 15 is 0 Å². The van der Waals surface area contributed by atoms with Crippen LogP contribution in [0.4, 0.5) is 4.39 Å². The number of carboxylic acid groups (broad SMARTS) is 1. The van der Waals surface area contributed by atoms with Crippen molar-refractivity contribution in [1.29, 1.82) is 0 Å². The molecule has 1 unspecified atom stereocenters. The number of ether oxygens (including phenoxy) is 1. The maximum Gasteiger partial charge on any atom is 0.310 e. The van der Waals surface area contributed by atoms with E-state index in [9.17, 15) is 9.18 Å². The van der Waals surface area contributed by atoms with Crippen LogP contribution in [0.2, 0.25) is 0 Å². The van der Waals surface area contributed by atoms with Crippen LogP contribution in [-0.2, 0) is 16.1 Å². The SMILES string of the molecule is COCc1c(F)cc(C(C)C(=O)O)cc1Br. The zero-order valence-electron chi connectivity index (χ0n) is 8.96. The van der Waals surface area contributed by atoms with Gasteiger partial charge in [-0.15, -0.1) is 0 Å². The van der Waals surface area contributed by atoms with Crippen LogP contribution in [0, 0.1) is 5.82 Å². The predicted molar refractivity (Wildman–Crippen MR) is 60.9 cm³/mol. The minimum absolute atomic E-state index is 0.147. The van der Waals surface area contributed by atoms with Gasteiger partial charge < -0.3 is 9.84 Å². The number of carbonyl (C=O) groups is 1. The van der Waals surface area contributed by atoms with Crippen molar-refractivity contribution in [3.05, 3.63) is 33.5 Å². The van der Waals surface area contributed by atoms with E-state index < -0.39 is 17.7 Å². The zero-order chi connectivity index (χ0) is 12.3. The Balaban J connectivity index is 3.14. The van der Waals surface area contributed by atoms with Gasteiger partial charge in [-0.25, -0.2) is 4.39 Å². The molecule has 5 heteroatoms. The topological polar surface area (TPSA) is 46.5 Å². The molecule has 0 amide bonds. The van der Waals surface area contributed by atoms with Crippen molar-refractivity contribution in [2.45, 2.75) is 19.4 Å². The summed E-state index contributed by atoms with van der Waals surface area (Å²) in [5.74, 6) is -2.17. The molecule has 1 aromatic carbocycles.